The molecule has 3 rings (SSSR count). The number of piperidine rings is 1. The lowest BCUT2D eigenvalue weighted by atomic mass is 9.77. The van der Waals surface area contributed by atoms with E-state index in [-0.39, 0.29) is 11.9 Å². The van der Waals surface area contributed by atoms with Crippen LogP contribution in [0.25, 0.3) is 0 Å². The molecule has 0 bridgehead atoms. The van der Waals surface area contributed by atoms with E-state index < -0.39 is 0 Å². The van der Waals surface area contributed by atoms with Crippen molar-refractivity contribution in [1.29, 1.82) is 0 Å². The van der Waals surface area contributed by atoms with Gasteiger partial charge in [-0.3, -0.25) is 4.79 Å². The molecule has 1 aromatic rings. The third-order valence-corrected chi connectivity index (χ3v) is 5.70. The van der Waals surface area contributed by atoms with Crippen molar-refractivity contribution >= 4 is 5.91 Å². The number of benzene rings is 1. The molecule has 5 heteroatoms. The minimum atomic E-state index is -0.0201. The molecular formula is C21H33N3O2. The van der Waals surface area contributed by atoms with Crippen LogP contribution in [-0.4, -0.2) is 44.7 Å². The summed E-state index contributed by atoms with van der Waals surface area (Å²) in [5, 5.41) is 9.99. The van der Waals surface area contributed by atoms with Gasteiger partial charge in [-0.25, -0.2) is 0 Å². The molecule has 2 saturated heterocycles. The van der Waals surface area contributed by atoms with Crippen molar-refractivity contribution < 1.29 is 9.53 Å². The van der Waals surface area contributed by atoms with Gasteiger partial charge in [0.25, 0.3) is 0 Å². The Morgan fingerprint density at radius 1 is 1.31 bits per heavy atom. The molecule has 0 aromatic heterocycles. The minimum absolute atomic E-state index is 0.0201. The van der Waals surface area contributed by atoms with Gasteiger partial charge in [0.15, 0.2) is 0 Å². The first-order valence-corrected chi connectivity index (χ1v) is 10.1. The van der Waals surface area contributed by atoms with E-state index in [4.69, 9.17) is 4.74 Å². The van der Waals surface area contributed by atoms with Gasteiger partial charge >= 0.3 is 0 Å². The summed E-state index contributed by atoms with van der Waals surface area (Å²) in [6, 6.07) is 8.19. The second kappa shape index (κ2) is 9.38. The van der Waals surface area contributed by atoms with Gasteiger partial charge in [-0.05, 0) is 68.7 Å². The number of hydrogen-bond acceptors (Lipinski definition) is 4. The molecule has 2 fully saturated rings. The molecule has 1 atom stereocenters. The second-order valence-electron chi connectivity index (χ2n) is 7.74. The zero-order valence-corrected chi connectivity index (χ0v) is 16.0. The van der Waals surface area contributed by atoms with Gasteiger partial charge in [0.1, 0.15) is 5.75 Å². The summed E-state index contributed by atoms with van der Waals surface area (Å²) in [7, 11) is 0. The molecule has 1 amide bonds. The molecule has 2 heterocycles. The number of carbonyl (C=O) groups excluding carboxylic acids is 1. The molecule has 0 aliphatic carbocycles. The van der Waals surface area contributed by atoms with Gasteiger partial charge in [-0.15, -0.1) is 0 Å². The van der Waals surface area contributed by atoms with Crippen LogP contribution >= 0.6 is 0 Å². The molecule has 0 radical (unpaired) electrons. The van der Waals surface area contributed by atoms with Crippen LogP contribution in [-0.2, 0) is 11.2 Å². The van der Waals surface area contributed by atoms with Gasteiger partial charge in [-0.2, -0.15) is 0 Å². The topological polar surface area (TPSA) is 62.4 Å². The van der Waals surface area contributed by atoms with E-state index in [1.54, 1.807) is 0 Å². The summed E-state index contributed by atoms with van der Waals surface area (Å²) in [5.74, 6) is 1.14. The van der Waals surface area contributed by atoms with Crippen molar-refractivity contribution in [3.05, 3.63) is 29.8 Å². The first kappa shape index (κ1) is 19.2. The maximum absolute atomic E-state index is 12.5. The molecule has 144 valence electrons. The zero-order valence-electron chi connectivity index (χ0n) is 16.0. The minimum Gasteiger partial charge on any atom is -0.493 e. The normalized spacial score (nSPS) is 21.7. The SMILES string of the molecule is CCCOc1ccccc1CCCNC(=O)[C@H]1CC2(CCNCC2)CN1. The maximum atomic E-state index is 12.5. The van der Waals surface area contributed by atoms with Gasteiger partial charge in [0.2, 0.25) is 5.91 Å². The molecule has 2 aliphatic heterocycles. The summed E-state index contributed by atoms with van der Waals surface area (Å²) < 4.78 is 5.81. The fourth-order valence-corrected chi connectivity index (χ4v) is 4.12. The Balaban J connectivity index is 1.39. The lowest BCUT2D eigenvalue weighted by Crippen LogP contribution is -2.40. The molecule has 1 spiro atoms. The smallest absolute Gasteiger partial charge is 0.237 e. The lowest BCUT2D eigenvalue weighted by Gasteiger charge is -2.33. The van der Waals surface area contributed by atoms with Crippen LogP contribution in [0.2, 0.25) is 0 Å². The number of nitrogens with one attached hydrogen (secondary N) is 3. The van der Waals surface area contributed by atoms with Crippen molar-refractivity contribution in [2.75, 3.05) is 32.8 Å². The number of hydrogen-bond donors (Lipinski definition) is 3. The number of aryl methyl sites for hydroxylation is 1. The van der Waals surface area contributed by atoms with Crippen molar-refractivity contribution in [1.82, 2.24) is 16.0 Å². The monoisotopic (exact) mass is 359 g/mol. The summed E-state index contributed by atoms with van der Waals surface area (Å²) in [5.41, 5.74) is 1.56. The Hall–Kier alpha value is -1.59. The maximum Gasteiger partial charge on any atom is 0.237 e. The third kappa shape index (κ3) is 4.98. The lowest BCUT2D eigenvalue weighted by molar-refractivity contribution is -0.123. The fraction of sp³-hybridized carbons (Fsp3) is 0.667. The number of ether oxygens (including phenoxy) is 1. The van der Waals surface area contributed by atoms with Crippen LogP contribution in [0.3, 0.4) is 0 Å². The molecule has 0 unspecified atom stereocenters. The van der Waals surface area contributed by atoms with E-state index in [0.717, 1.165) is 57.7 Å². The molecule has 1 aromatic carbocycles. The molecule has 3 N–H and O–H groups in total. The standard InChI is InChI=1S/C21H33N3O2/c1-2-14-26-19-8-4-3-6-17(19)7-5-11-23-20(25)18-15-21(16-24-18)9-12-22-13-10-21/h3-4,6,8,18,22,24H,2,5,7,9-16H2,1H3,(H,23,25)/t18-/m1/s1. The molecule has 0 saturated carbocycles. The van der Waals surface area contributed by atoms with Gasteiger partial charge < -0.3 is 20.7 Å². The first-order valence-electron chi connectivity index (χ1n) is 10.1. The van der Waals surface area contributed by atoms with E-state index in [0.29, 0.717) is 12.0 Å². The quantitative estimate of drug-likeness (QED) is 0.623. The Morgan fingerprint density at radius 3 is 2.92 bits per heavy atom. The Bertz CT molecular complexity index is 584. The average molecular weight is 360 g/mol. The van der Waals surface area contributed by atoms with Gasteiger partial charge in [0, 0.05) is 13.1 Å². The van der Waals surface area contributed by atoms with Crippen LogP contribution in [0.15, 0.2) is 24.3 Å². The van der Waals surface area contributed by atoms with E-state index in [1.165, 1.54) is 18.4 Å². The molecule has 26 heavy (non-hydrogen) atoms. The molecular weight excluding hydrogens is 326 g/mol. The van der Waals surface area contributed by atoms with Crippen LogP contribution in [0.4, 0.5) is 0 Å². The summed E-state index contributed by atoms with van der Waals surface area (Å²) in [6.45, 7) is 6.72. The fourth-order valence-electron chi connectivity index (χ4n) is 4.12. The van der Waals surface area contributed by atoms with Gasteiger partial charge in [0.05, 0.1) is 12.6 Å². The highest BCUT2D eigenvalue weighted by Gasteiger charge is 2.41. The second-order valence-corrected chi connectivity index (χ2v) is 7.74. The number of para-hydroxylation sites is 1. The number of carbonyl (C=O) groups is 1. The Kier molecular flexibility index (Phi) is 6.92. The Morgan fingerprint density at radius 2 is 2.12 bits per heavy atom. The average Bonchev–Trinajstić information content (AvgIpc) is 3.08. The zero-order chi connectivity index (χ0) is 18.2. The van der Waals surface area contributed by atoms with Crippen molar-refractivity contribution in [2.24, 2.45) is 5.41 Å². The summed E-state index contributed by atoms with van der Waals surface area (Å²) >= 11 is 0. The van der Waals surface area contributed by atoms with E-state index in [9.17, 15) is 4.79 Å². The Labute approximate surface area is 157 Å². The van der Waals surface area contributed by atoms with E-state index in [1.807, 2.05) is 18.2 Å². The molecule has 2 aliphatic rings. The van der Waals surface area contributed by atoms with Crippen LogP contribution in [0, 0.1) is 5.41 Å². The van der Waals surface area contributed by atoms with Gasteiger partial charge in [-0.1, -0.05) is 25.1 Å². The summed E-state index contributed by atoms with van der Waals surface area (Å²) in [4.78, 5) is 12.5. The highest BCUT2D eigenvalue weighted by Crippen LogP contribution is 2.37. The van der Waals surface area contributed by atoms with Crippen molar-refractivity contribution in [3.63, 3.8) is 0 Å². The third-order valence-electron chi connectivity index (χ3n) is 5.70. The first-order chi connectivity index (χ1) is 12.7. The molecule has 5 nitrogen and oxygen atoms in total. The summed E-state index contributed by atoms with van der Waals surface area (Å²) in [6.07, 6.45) is 6.20. The number of rotatable bonds is 8. The highest BCUT2D eigenvalue weighted by atomic mass is 16.5. The van der Waals surface area contributed by atoms with Crippen LogP contribution in [0.1, 0.15) is 44.6 Å². The van der Waals surface area contributed by atoms with E-state index in [2.05, 4.69) is 28.9 Å². The predicted octanol–water partition coefficient (Wildman–Crippen LogP) is 2.26. The van der Waals surface area contributed by atoms with Crippen LogP contribution in [0.5, 0.6) is 5.75 Å². The number of amides is 1. The van der Waals surface area contributed by atoms with E-state index >= 15 is 0 Å². The largest absolute Gasteiger partial charge is 0.493 e. The highest BCUT2D eigenvalue weighted by molar-refractivity contribution is 5.82. The predicted molar refractivity (Wildman–Crippen MR) is 105 cm³/mol. The van der Waals surface area contributed by atoms with Crippen molar-refractivity contribution in [3.8, 4) is 5.75 Å². The van der Waals surface area contributed by atoms with Crippen molar-refractivity contribution in [2.45, 2.75) is 51.5 Å². The van der Waals surface area contributed by atoms with Crippen LogP contribution < -0.4 is 20.7 Å².